The van der Waals surface area contributed by atoms with Crippen molar-refractivity contribution in [2.75, 3.05) is 0 Å². The van der Waals surface area contributed by atoms with Gasteiger partial charge in [0.25, 0.3) is 0 Å². The lowest BCUT2D eigenvalue weighted by molar-refractivity contribution is -0.0498. The largest absolute Gasteiger partial charge is 0.435 e. The Morgan fingerprint density at radius 3 is 2.53 bits per heavy atom. The molecule has 0 saturated heterocycles. The summed E-state index contributed by atoms with van der Waals surface area (Å²) in [6, 6.07) is 7.96. The quantitative estimate of drug-likeness (QED) is 0.805. The maximum absolute atomic E-state index is 11.9. The predicted molar refractivity (Wildman–Crippen MR) is 61.2 cm³/mol. The van der Waals surface area contributed by atoms with Crippen LogP contribution in [0.1, 0.15) is 5.69 Å². The molecule has 6 heteroatoms. The fourth-order valence-corrected chi connectivity index (χ4v) is 1.58. The van der Waals surface area contributed by atoms with Crippen molar-refractivity contribution in [2.24, 2.45) is 0 Å². The molecule has 3 nitrogen and oxygen atoms in total. The van der Waals surface area contributed by atoms with E-state index in [0.717, 1.165) is 11.3 Å². The monoisotopic (exact) mass is 303 g/mol. The second-order valence-electron chi connectivity index (χ2n) is 3.22. The van der Waals surface area contributed by atoms with Gasteiger partial charge in [0.15, 0.2) is 5.76 Å². The number of ether oxygens (including phenoxy) is 1. The Balaban J connectivity index is 2.17. The summed E-state index contributed by atoms with van der Waals surface area (Å²) in [5, 5.41) is 4.41. The van der Waals surface area contributed by atoms with Crippen LogP contribution in [0.4, 0.5) is 8.78 Å². The van der Waals surface area contributed by atoms with E-state index in [4.69, 9.17) is 4.52 Å². The van der Waals surface area contributed by atoms with E-state index in [9.17, 15) is 8.78 Å². The zero-order chi connectivity index (χ0) is 12.3. The molecule has 0 amide bonds. The summed E-state index contributed by atoms with van der Waals surface area (Å²) in [5.74, 6) is 0.701. The zero-order valence-corrected chi connectivity index (χ0v) is 10.2. The Morgan fingerprint density at radius 2 is 2.00 bits per heavy atom. The van der Waals surface area contributed by atoms with E-state index < -0.39 is 6.61 Å². The standard InChI is InChI=1S/C11H8BrF2NO2/c12-6-8-5-10(17-15-8)7-1-3-9(4-2-7)16-11(13)14/h1-5,11H,6H2. The van der Waals surface area contributed by atoms with E-state index in [-0.39, 0.29) is 5.75 Å². The Bertz CT molecular complexity index is 484. The molecule has 0 aliphatic carbocycles. The van der Waals surface area contributed by atoms with Crippen LogP contribution in [-0.2, 0) is 5.33 Å². The number of rotatable bonds is 4. The van der Waals surface area contributed by atoms with Crippen LogP contribution >= 0.6 is 15.9 Å². The van der Waals surface area contributed by atoms with Crippen LogP contribution in [0.3, 0.4) is 0 Å². The van der Waals surface area contributed by atoms with Gasteiger partial charge in [0.1, 0.15) is 5.75 Å². The second kappa shape index (κ2) is 5.27. The van der Waals surface area contributed by atoms with Gasteiger partial charge in [-0.3, -0.25) is 0 Å². The van der Waals surface area contributed by atoms with Crippen LogP contribution < -0.4 is 4.74 Å². The molecular weight excluding hydrogens is 296 g/mol. The van der Waals surface area contributed by atoms with Crippen molar-refractivity contribution in [1.29, 1.82) is 0 Å². The van der Waals surface area contributed by atoms with Crippen molar-refractivity contribution in [2.45, 2.75) is 11.9 Å². The van der Waals surface area contributed by atoms with Gasteiger partial charge in [-0.2, -0.15) is 8.78 Å². The average molecular weight is 304 g/mol. The highest BCUT2D eigenvalue weighted by atomic mass is 79.9. The van der Waals surface area contributed by atoms with Gasteiger partial charge >= 0.3 is 6.61 Å². The van der Waals surface area contributed by atoms with Crippen molar-refractivity contribution < 1.29 is 18.0 Å². The molecule has 0 aliphatic rings. The van der Waals surface area contributed by atoms with Crippen LogP contribution in [0, 0.1) is 0 Å². The first kappa shape index (κ1) is 12.0. The number of nitrogens with zero attached hydrogens (tertiary/aromatic N) is 1. The lowest BCUT2D eigenvalue weighted by Crippen LogP contribution is -2.01. The molecule has 0 N–H and O–H groups in total. The predicted octanol–water partition coefficient (Wildman–Crippen LogP) is 3.84. The van der Waals surface area contributed by atoms with Gasteiger partial charge in [-0.1, -0.05) is 21.1 Å². The van der Waals surface area contributed by atoms with Gasteiger partial charge in [0, 0.05) is 17.0 Å². The SMILES string of the molecule is FC(F)Oc1ccc(-c2cc(CBr)no2)cc1. The summed E-state index contributed by atoms with van der Waals surface area (Å²) in [6.07, 6.45) is 0. The molecule has 0 spiro atoms. The van der Waals surface area contributed by atoms with E-state index in [2.05, 4.69) is 25.8 Å². The number of alkyl halides is 3. The van der Waals surface area contributed by atoms with Crippen LogP contribution in [0.5, 0.6) is 5.75 Å². The average Bonchev–Trinajstić information content (AvgIpc) is 2.78. The minimum Gasteiger partial charge on any atom is -0.435 e. The molecule has 0 radical (unpaired) electrons. The van der Waals surface area contributed by atoms with Gasteiger partial charge in [-0.15, -0.1) is 0 Å². The van der Waals surface area contributed by atoms with Crippen molar-refractivity contribution in [3.63, 3.8) is 0 Å². The summed E-state index contributed by atoms with van der Waals surface area (Å²) in [5.41, 5.74) is 1.53. The molecule has 0 fully saturated rings. The van der Waals surface area contributed by atoms with Crippen LogP contribution in [-0.4, -0.2) is 11.8 Å². The highest BCUT2D eigenvalue weighted by molar-refractivity contribution is 9.08. The van der Waals surface area contributed by atoms with Gasteiger partial charge in [0.2, 0.25) is 0 Å². The minimum atomic E-state index is -2.81. The third-order valence-electron chi connectivity index (χ3n) is 2.06. The molecule has 0 atom stereocenters. The maximum Gasteiger partial charge on any atom is 0.387 e. The van der Waals surface area contributed by atoms with E-state index in [1.54, 1.807) is 18.2 Å². The molecule has 1 heterocycles. The Morgan fingerprint density at radius 1 is 1.29 bits per heavy atom. The molecule has 0 bridgehead atoms. The molecule has 0 saturated carbocycles. The normalized spacial score (nSPS) is 10.8. The molecule has 90 valence electrons. The summed E-state index contributed by atoms with van der Waals surface area (Å²) < 4.78 is 33.2. The molecule has 2 rings (SSSR count). The minimum absolute atomic E-state index is 0.115. The zero-order valence-electron chi connectivity index (χ0n) is 8.57. The fraction of sp³-hybridized carbons (Fsp3) is 0.182. The summed E-state index contributed by atoms with van der Waals surface area (Å²) in [6.45, 7) is -2.81. The van der Waals surface area contributed by atoms with E-state index in [1.807, 2.05) is 0 Å². The molecule has 17 heavy (non-hydrogen) atoms. The summed E-state index contributed by atoms with van der Waals surface area (Å²) >= 11 is 3.26. The first-order chi connectivity index (χ1) is 8.19. The topological polar surface area (TPSA) is 35.3 Å². The van der Waals surface area contributed by atoms with Crippen molar-refractivity contribution >= 4 is 15.9 Å². The number of halogens is 3. The summed E-state index contributed by atoms with van der Waals surface area (Å²) in [4.78, 5) is 0. The first-order valence-corrected chi connectivity index (χ1v) is 5.88. The van der Waals surface area contributed by atoms with E-state index >= 15 is 0 Å². The molecule has 1 aromatic heterocycles. The van der Waals surface area contributed by atoms with E-state index in [1.165, 1.54) is 12.1 Å². The third kappa shape index (κ3) is 3.03. The number of benzene rings is 1. The Kier molecular flexibility index (Phi) is 3.73. The highest BCUT2D eigenvalue weighted by Crippen LogP contribution is 2.24. The fourth-order valence-electron chi connectivity index (χ4n) is 1.31. The third-order valence-corrected chi connectivity index (χ3v) is 2.63. The first-order valence-electron chi connectivity index (χ1n) is 4.76. The number of hydrogen-bond acceptors (Lipinski definition) is 3. The van der Waals surface area contributed by atoms with Gasteiger partial charge in [-0.25, -0.2) is 0 Å². The lowest BCUT2D eigenvalue weighted by Gasteiger charge is -2.03. The van der Waals surface area contributed by atoms with Crippen LogP contribution in [0.25, 0.3) is 11.3 Å². The van der Waals surface area contributed by atoms with Crippen molar-refractivity contribution in [3.8, 4) is 17.1 Å². The molecule has 1 aromatic carbocycles. The second-order valence-corrected chi connectivity index (χ2v) is 3.78. The van der Waals surface area contributed by atoms with Gasteiger partial charge < -0.3 is 9.26 Å². The molecule has 0 unspecified atom stereocenters. The number of hydrogen-bond donors (Lipinski definition) is 0. The van der Waals surface area contributed by atoms with Gasteiger partial charge in [-0.05, 0) is 24.3 Å². The van der Waals surface area contributed by atoms with Crippen LogP contribution in [0.2, 0.25) is 0 Å². The Labute approximate surface area is 104 Å². The van der Waals surface area contributed by atoms with Crippen LogP contribution in [0.15, 0.2) is 34.9 Å². The van der Waals surface area contributed by atoms with Crippen molar-refractivity contribution in [1.82, 2.24) is 5.16 Å². The van der Waals surface area contributed by atoms with Crippen molar-refractivity contribution in [3.05, 3.63) is 36.0 Å². The number of aromatic nitrogens is 1. The van der Waals surface area contributed by atoms with E-state index in [0.29, 0.717) is 11.1 Å². The summed E-state index contributed by atoms with van der Waals surface area (Å²) in [7, 11) is 0. The molecular formula is C11H8BrF2NO2. The lowest BCUT2D eigenvalue weighted by atomic mass is 10.1. The maximum atomic E-state index is 11.9. The van der Waals surface area contributed by atoms with Gasteiger partial charge in [0.05, 0.1) is 5.69 Å². The Hall–Kier alpha value is -1.43. The molecule has 0 aliphatic heterocycles. The smallest absolute Gasteiger partial charge is 0.387 e. The highest BCUT2D eigenvalue weighted by Gasteiger charge is 2.07. The molecule has 2 aromatic rings.